The summed E-state index contributed by atoms with van der Waals surface area (Å²) in [6.07, 6.45) is 4.60. The van der Waals surface area contributed by atoms with Crippen molar-refractivity contribution in [3.63, 3.8) is 0 Å². The Hall–Kier alpha value is -2.20. The monoisotopic (exact) mass is 281 g/mol. The molecule has 108 valence electrons. The van der Waals surface area contributed by atoms with Gasteiger partial charge in [0.15, 0.2) is 0 Å². The molecule has 1 N–H and O–H groups in total. The van der Waals surface area contributed by atoms with Gasteiger partial charge in [0.2, 0.25) is 0 Å². The minimum Gasteiger partial charge on any atom is -0.388 e. The Balaban J connectivity index is 1.87. The molecule has 4 nitrogen and oxygen atoms in total. The Bertz CT molecular complexity index is 764. The molecule has 0 amide bonds. The van der Waals surface area contributed by atoms with Gasteiger partial charge in [-0.25, -0.2) is 4.98 Å². The molecule has 4 heteroatoms. The highest BCUT2D eigenvalue weighted by Gasteiger charge is 2.14. The molecule has 0 radical (unpaired) electrons. The molecule has 0 aliphatic carbocycles. The fourth-order valence-corrected chi connectivity index (χ4v) is 2.67. The molecule has 1 unspecified atom stereocenters. The summed E-state index contributed by atoms with van der Waals surface area (Å²) in [6, 6.07) is 9.93. The second kappa shape index (κ2) is 5.66. The van der Waals surface area contributed by atoms with Crippen LogP contribution in [-0.2, 0) is 13.5 Å². The molecule has 3 rings (SSSR count). The molecular formula is C17H19N3O. The number of benzene rings is 1. The van der Waals surface area contributed by atoms with Crippen molar-refractivity contribution in [1.82, 2.24) is 14.5 Å². The lowest BCUT2D eigenvalue weighted by atomic mass is 9.99. The third-order valence-corrected chi connectivity index (χ3v) is 3.80. The number of para-hydroxylation sites is 1. The van der Waals surface area contributed by atoms with Gasteiger partial charge >= 0.3 is 0 Å². The lowest BCUT2D eigenvalue weighted by Gasteiger charge is -2.14. The number of hydrogen-bond acceptors (Lipinski definition) is 3. The van der Waals surface area contributed by atoms with Gasteiger partial charge in [0.05, 0.1) is 11.6 Å². The minimum absolute atomic E-state index is 0.506. The molecule has 0 bridgehead atoms. The summed E-state index contributed by atoms with van der Waals surface area (Å²) in [7, 11) is 1.97. The Kier molecular flexibility index (Phi) is 3.71. The Morgan fingerprint density at radius 3 is 2.86 bits per heavy atom. The predicted molar refractivity (Wildman–Crippen MR) is 83.0 cm³/mol. The number of aromatic nitrogens is 3. The topological polar surface area (TPSA) is 50.9 Å². The normalized spacial score (nSPS) is 12.7. The molecule has 1 aromatic carbocycles. The first-order valence-electron chi connectivity index (χ1n) is 7.15. The van der Waals surface area contributed by atoms with Gasteiger partial charge in [-0.3, -0.25) is 4.98 Å². The van der Waals surface area contributed by atoms with Crippen molar-refractivity contribution in [2.45, 2.75) is 25.9 Å². The molecule has 0 aliphatic heterocycles. The molecule has 0 spiro atoms. The van der Waals surface area contributed by atoms with Crippen molar-refractivity contribution in [1.29, 1.82) is 0 Å². The highest BCUT2D eigenvalue weighted by molar-refractivity contribution is 5.82. The fraction of sp³-hybridized carbons (Fsp3) is 0.294. The van der Waals surface area contributed by atoms with Gasteiger partial charge in [-0.05, 0) is 31.0 Å². The number of aliphatic hydroxyl groups excluding tert-OH is 1. The summed E-state index contributed by atoms with van der Waals surface area (Å²) in [6.45, 7) is 1.96. The minimum atomic E-state index is -0.506. The second-order valence-electron chi connectivity index (χ2n) is 5.38. The fourth-order valence-electron chi connectivity index (χ4n) is 2.67. The Morgan fingerprint density at radius 2 is 2.10 bits per heavy atom. The molecule has 21 heavy (non-hydrogen) atoms. The van der Waals surface area contributed by atoms with Crippen LogP contribution in [-0.4, -0.2) is 19.6 Å². The van der Waals surface area contributed by atoms with Crippen LogP contribution < -0.4 is 0 Å². The average molecular weight is 281 g/mol. The zero-order chi connectivity index (χ0) is 14.8. The number of imidazole rings is 1. The summed E-state index contributed by atoms with van der Waals surface area (Å²) in [4.78, 5) is 8.82. The van der Waals surface area contributed by atoms with E-state index in [4.69, 9.17) is 0 Å². The van der Waals surface area contributed by atoms with Crippen LogP contribution in [0.2, 0.25) is 0 Å². The molecule has 0 saturated heterocycles. The summed E-state index contributed by atoms with van der Waals surface area (Å²) < 4.78 is 1.99. The third kappa shape index (κ3) is 2.81. The lowest BCUT2D eigenvalue weighted by molar-refractivity contribution is 0.168. The van der Waals surface area contributed by atoms with Gasteiger partial charge in [0, 0.05) is 36.9 Å². The molecule has 0 fully saturated rings. The van der Waals surface area contributed by atoms with Crippen LogP contribution in [0.3, 0.4) is 0 Å². The number of aliphatic hydroxyl groups is 1. The first-order valence-corrected chi connectivity index (χ1v) is 7.15. The molecule has 0 saturated carbocycles. The van der Waals surface area contributed by atoms with Crippen molar-refractivity contribution in [2.24, 2.45) is 7.05 Å². The van der Waals surface area contributed by atoms with Crippen molar-refractivity contribution in [2.75, 3.05) is 0 Å². The zero-order valence-electron chi connectivity index (χ0n) is 12.3. The highest BCUT2D eigenvalue weighted by atomic mass is 16.3. The molecule has 1 atom stereocenters. The van der Waals surface area contributed by atoms with Crippen LogP contribution in [0.25, 0.3) is 10.9 Å². The SMILES string of the molecule is Cc1cc(C(O)CCc2nccn2C)c2ccccc2n1. The summed E-state index contributed by atoms with van der Waals surface area (Å²) >= 11 is 0. The van der Waals surface area contributed by atoms with Crippen molar-refractivity contribution in [3.8, 4) is 0 Å². The van der Waals surface area contributed by atoms with E-state index in [1.54, 1.807) is 6.20 Å². The van der Waals surface area contributed by atoms with Gasteiger partial charge in [-0.15, -0.1) is 0 Å². The van der Waals surface area contributed by atoms with Crippen LogP contribution in [0.1, 0.15) is 29.6 Å². The van der Waals surface area contributed by atoms with E-state index in [9.17, 15) is 5.11 Å². The van der Waals surface area contributed by atoms with E-state index in [-0.39, 0.29) is 0 Å². The van der Waals surface area contributed by atoms with E-state index in [1.807, 2.05) is 55.1 Å². The van der Waals surface area contributed by atoms with Crippen molar-refractivity contribution in [3.05, 3.63) is 59.8 Å². The molecule has 0 aliphatic rings. The van der Waals surface area contributed by atoms with E-state index in [0.29, 0.717) is 6.42 Å². The van der Waals surface area contributed by atoms with E-state index in [0.717, 1.165) is 34.4 Å². The predicted octanol–water partition coefficient (Wildman–Crippen LogP) is 2.94. The molecule has 2 heterocycles. The van der Waals surface area contributed by atoms with Crippen LogP contribution in [0.15, 0.2) is 42.7 Å². The highest BCUT2D eigenvalue weighted by Crippen LogP contribution is 2.26. The standard InChI is InChI=1S/C17H19N3O/c1-12-11-14(13-5-3-4-6-15(13)19-12)16(21)7-8-17-18-9-10-20(17)2/h3-6,9-11,16,21H,7-8H2,1-2H3. The number of aryl methyl sites for hydroxylation is 3. The maximum Gasteiger partial charge on any atom is 0.108 e. The molecule has 3 aromatic rings. The van der Waals surface area contributed by atoms with Gasteiger partial charge in [0.25, 0.3) is 0 Å². The van der Waals surface area contributed by atoms with E-state index < -0.39 is 6.10 Å². The quantitative estimate of drug-likeness (QED) is 0.800. The lowest BCUT2D eigenvalue weighted by Crippen LogP contribution is -2.05. The van der Waals surface area contributed by atoms with Gasteiger partial charge < -0.3 is 9.67 Å². The van der Waals surface area contributed by atoms with Crippen molar-refractivity contribution < 1.29 is 5.11 Å². The van der Waals surface area contributed by atoms with E-state index >= 15 is 0 Å². The summed E-state index contributed by atoms with van der Waals surface area (Å²) in [5.41, 5.74) is 2.82. The van der Waals surface area contributed by atoms with Gasteiger partial charge in [-0.2, -0.15) is 0 Å². The number of rotatable bonds is 4. The summed E-state index contributed by atoms with van der Waals surface area (Å²) in [5.74, 6) is 0.990. The van der Waals surface area contributed by atoms with Crippen LogP contribution in [0.5, 0.6) is 0 Å². The molecule has 2 aromatic heterocycles. The largest absolute Gasteiger partial charge is 0.388 e. The number of nitrogens with zero attached hydrogens (tertiary/aromatic N) is 3. The smallest absolute Gasteiger partial charge is 0.108 e. The van der Waals surface area contributed by atoms with E-state index in [2.05, 4.69) is 9.97 Å². The number of pyridine rings is 1. The van der Waals surface area contributed by atoms with Gasteiger partial charge in [0.1, 0.15) is 5.82 Å². The number of fused-ring (bicyclic) bond motifs is 1. The summed E-state index contributed by atoms with van der Waals surface area (Å²) in [5, 5.41) is 11.6. The maximum absolute atomic E-state index is 10.6. The van der Waals surface area contributed by atoms with Crippen LogP contribution >= 0.6 is 0 Å². The van der Waals surface area contributed by atoms with Crippen molar-refractivity contribution >= 4 is 10.9 Å². The molecular weight excluding hydrogens is 262 g/mol. The van der Waals surface area contributed by atoms with E-state index in [1.165, 1.54) is 0 Å². The van der Waals surface area contributed by atoms with Crippen LogP contribution in [0.4, 0.5) is 0 Å². The van der Waals surface area contributed by atoms with Crippen LogP contribution in [0, 0.1) is 6.92 Å². The first kappa shape index (κ1) is 13.8. The first-order chi connectivity index (χ1) is 10.1. The van der Waals surface area contributed by atoms with Gasteiger partial charge in [-0.1, -0.05) is 18.2 Å². The number of hydrogen-bond donors (Lipinski definition) is 1. The second-order valence-corrected chi connectivity index (χ2v) is 5.38. The maximum atomic E-state index is 10.6. The Morgan fingerprint density at radius 1 is 1.29 bits per heavy atom. The third-order valence-electron chi connectivity index (χ3n) is 3.80. The Labute approximate surface area is 124 Å². The average Bonchev–Trinajstić information content (AvgIpc) is 2.89. The zero-order valence-corrected chi connectivity index (χ0v) is 12.3.